The first-order valence-corrected chi connectivity index (χ1v) is 10.1. The van der Waals surface area contributed by atoms with E-state index in [1.54, 1.807) is 29.2 Å². The van der Waals surface area contributed by atoms with Crippen molar-refractivity contribution in [3.63, 3.8) is 0 Å². The summed E-state index contributed by atoms with van der Waals surface area (Å²) in [6.07, 6.45) is 4.59. The standard InChI is InChI=1S/C22H24N4O3/c1-25-11-5-9-18(25)22(29)10-4-6-14-12-26(13-17(14)22)21(28)19-15-7-2-3-8-16(15)20(27)24-23-19/h2-3,5,7-9,11,14,17,29H,4,6,10,12-13H2,1H3,(H,24,27)/t14-,17+,22+/m1/s1. The molecule has 5 rings (SSSR count). The van der Waals surface area contributed by atoms with Crippen molar-refractivity contribution >= 4 is 16.7 Å². The van der Waals surface area contributed by atoms with Crippen molar-refractivity contribution in [2.24, 2.45) is 18.9 Å². The molecule has 1 aromatic carbocycles. The van der Waals surface area contributed by atoms with Gasteiger partial charge in [-0.2, -0.15) is 5.10 Å². The predicted molar refractivity (Wildman–Crippen MR) is 108 cm³/mol. The summed E-state index contributed by atoms with van der Waals surface area (Å²) in [5.41, 5.74) is -0.0582. The van der Waals surface area contributed by atoms with E-state index in [9.17, 15) is 14.7 Å². The number of nitrogens with zero attached hydrogens (tertiary/aromatic N) is 3. The quantitative estimate of drug-likeness (QED) is 0.698. The predicted octanol–water partition coefficient (Wildman–Crippen LogP) is 2.02. The molecule has 29 heavy (non-hydrogen) atoms. The minimum atomic E-state index is -0.934. The zero-order valence-electron chi connectivity index (χ0n) is 16.3. The van der Waals surface area contributed by atoms with E-state index in [0.29, 0.717) is 30.3 Å². The highest BCUT2D eigenvalue weighted by Gasteiger charge is 2.51. The number of carbonyl (C=O) groups excluding carboxylic acids is 1. The van der Waals surface area contributed by atoms with Crippen LogP contribution in [0, 0.1) is 11.8 Å². The maximum absolute atomic E-state index is 13.3. The Bertz CT molecular complexity index is 1150. The lowest BCUT2D eigenvalue weighted by molar-refractivity contribution is -0.0697. The van der Waals surface area contributed by atoms with Gasteiger partial charge in [0, 0.05) is 43.3 Å². The van der Waals surface area contributed by atoms with Gasteiger partial charge in [0.25, 0.3) is 11.5 Å². The molecule has 2 aliphatic rings. The number of carbonyl (C=O) groups is 1. The van der Waals surface area contributed by atoms with Crippen molar-refractivity contribution in [1.29, 1.82) is 0 Å². The number of H-pyrrole nitrogens is 1. The number of hydrogen-bond acceptors (Lipinski definition) is 4. The molecule has 1 aliphatic carbocycles. The summed E-state index contributed by atoms with van der Waals surface area (Å²) >= 11 is 0. The van der Waals surface area contributed by atoms with E-state index < -0.39 is 5.60 Å². The second-order valence-electron chi connectivity index (χ2n) is 8.34. The summed E-state index contributed by atoms with van der Waals surface area (Å²) in [5.74, 6) is 0.0468. The topological polar surface area (TPSA) is 91.2 Å². The molecule has 0 unspecified atom stereocenters. The SMILES string of the molecule is Cn1cccc1[C@]1(O)CCC[C@@H]2CN(C(=O)c3n[nH]c(=O)c4ccccc34)C[C@@H]21. The highest BCUT2D eigenvalue weighted by atomic mass is 16.3. The van der Waals surface area contributed by atoms with Crippen LogP contribution < -0.4 is 5.56 Å². The molecule has 7 nitrogen and oxygen atoms in total. The monoisotopic (exact) mass is 392 g/mol. The smallest absolute Gasteiger partial charge is 0.274 e. The Labute approximate surface area is 168 Å². The summed E-state index contributed by atoms with van der Waals surface area (Å²) in [4.78, 5) is 27.2. The zero-order valence-corrected chi connectivity index (χ0v) is 16.3. The Morgan fingerprint density at radius 3 is 2.76 bits per heavy atom. The third-order valence-corrected chi connectivity index (χ3v) is 6.76. The number of aromatic nitrogens is 3. The van der Waals surface area contributed by atoms with Gasteiger partial charge in [-0.1, -0.05) is 18.2 Å². The number of rotatable bonds is 2. The van der Waals surface area contributed by atoms with Gasteiger partial charge in [-0.3, -0.25) is 9.59 Å². The Morgan fingerprint density at radius 2 is 2.00 bits per heavy atom. The molecule has 1 amide bonds. The van der Waals surface area contributed by atoms with Crippen LogP contribution in [0.1, 0.15) is 35.4 Å². The van der Waals surface area contributed by atoms with Crippen molar-refractivity contribution < 1.29 is 9.90 Å². The van der Waals surface area contributed by atoms with Crippen molar-refractivity contribution in [1.82, 2.24) is 19.7 Å². The van der Waals surface area contributed by atoms with E-state index in [1.165, 1.54) is 0 Å². The van der Waals surface area contributed by atoms with E-state index in [0.717, 1.165) is 18.5 Å². The van der Waals surface area contributed by atoms with E-state index in [-0.39, 0.29) is 29.0 Å². The fourth-order valence-corrected chi connectivity index (χ4v) is 5.35. The molecule has 1 aliphatic heterocycles. The average molecular weight is 392 g/mol. The number of aryl methyl sites for hydroxylation is 1. The molecule has 0 spiro atoms. The Balaban J connectivity index is 1.49. The van der Waals surface area contributed by atoms with E-state index in [2.05, 4.69) is 10.2 Å². The van der Waals surface area contributed by atoms with Crippen LogP contribution in [0.25, 0.3) is 10.8 Å². The summed E-state index contributed by atoms with van der Waals surface area (Å²) in [7, 11) is 1.95. The lowest BCUT2D eigenvalue weighted by Crippen LogP contribution is -2.44. The fraction of sp³-hybridized carbons (Fsp3) is 0.409. The van der Waals surface area contributed by atoms with Crippen LogP contribution in [0.3, 0.4) is 0 Å². The molecule has 3 atom stereocenters. The van der Waals surface area contributed by atoms with Gasteiger partial charge < -0.3 is 14.6 Å². The highest BCUT2D eigenvalue weighted by Crippen LogP contribution is 2.48. The van der Waals surface area contributed by atoms with Gasteiger partial charge in [-0.05, 0) is 43.4 Å². The molecular weight excluding hydrogens is 368 g/mol. The lowest BCUT2D eigenvalue weighted by atomic mass is 9.69. The zero-order chi connectivity index (χ0) is 20.2. The molecule has 1 saturated carbocycles. The fourth-order valence-electron chi connectivity index (χ4n) is 5.35. The maximum atomic E-state index is 13.3. The van der Waals surface area contributed by atoms with Crippen molar-refractivity contribution in [3.8, 4) is 0 Å². The molecule has 2 fully saturated rings. The molecule has 2 N–H and O–H groups in total. The Morgan fingerprint density at radius 1 is 1.21 bits per heavy atom. The van der Waals surface area contributed by atoms with Crippen LogP contribution >= 0.6 is 0 Å². The van der Waals surface area contributed by atoms with Gasteiger partial charge in [0.05, 0.1) is 5.39 Å². The van der Waals surface area contributed by atoms with Crippen LogP contribution in [0.15, 0.2) is 47.4 Å². The second kappa shape index (κ2) is 6.56. The first-order valence-electron chi connectivity index (χ1n) is 10.1. The number of fused-ring (bicyclic) bond motifs is 2. The maximum Gasteiger partial charge on any atom is 0.274 e. The second-order valence-corrected chi connectivity index (χ2v) is 8.34. The van der Waals surface area contributed by atoms with Crippen molar-refractivity contribution in [2.75, 3.05) is 13.1 Å². The molecular formula is C22H24N4O3. The summed E-state index contributed by atoms with van der Waals surface area (Å²) in [5, 5.41) is 19.2. The highest BCUT2D eigenvalue weighted by molar-refractivity contribution is 6.04. The number of hydrogen-bond donors (Lipinski definition) is 2. The minimum Gasteiger partial charge on any atom is -0.383 e. The average Bonchev–Trinajstić information content (AvgIpc) is 3.36. The number of aromatic amines is 1. The molecule has 1 saturated heterocycles. The first-order chi connectivity index (χ1) is 14.0. The van der Waals surface area contributed by atoms with Crippen LogP contribution in [-0.2, 0) is 12.6 Å². The number of amides is 1. The van der Waals surface area contributed by atoms with Gasteiger partial charge >= 0.3 is 0 Å². The van der Waals surface area contributed by atoms with Gasteiger partial charge in [-0.25, -0.2) is 5.10 Å². The van der Waals surface area contributed by atoms with Gasteiger partial charge in [0.15, 0.2) is 5.69 Å². The first kappa shape index (κ1) is 18.1. The van der Waals surface area contributed by atoms with Crippen molar-refractivity contribution in [2.45, 2.75) is 24.9 Å². The van der Waals surface area contributed by atoms with Crippen LogP contribution in [0.5, 0.6) is 0 Å². The molecule has 0 radical (unpaired) electrons. The van der Waals surface area contributed by atoms with Gasteiger partial charge in [0.1, 0.15) is 5.60 Å². The van der Waals surface area contributed by atoms with Crippen LogP contribution in [0.2, 0.25) is 0 Å². The third kappa shape index (κ3) is 2.72. The molecule has 3 aromatic rings. The summed E-state index contributed by atoms with van der Waals surface area (Å²) in [6, 6.07) is 11.0. The number of aliphatic hydroxyl groups is 1. The summed E-state index contributed by atoms with van der Waals surface area (Å²) < 4.78 is 1.98. The number of likely N-dealkylation sites (tertiary alicyclic amines) is 1. The van der Waals surface area contributed by atoms with E-state index in [1.807, 2.05) is 29.9 Å². The number of benzene rings is 1. The van der Waals surface area contributed by atoms with E-state index in [4.69, 9.17) is 0 Å². The number of nitrogens with one attached hydrogen (secondary N) is 1. The van der Waals surface area contributed by atoms with Crippen LogP contribution in [-0.4, -0.2) is 43.8 Å². The molecule has 3 heterocycles. The Hall–Kier alpha value is -2.93. The molecule has 0 bridgehead atoms. The van der Waals surface area contributed by atoms with Gasteiger partial charge in [0.2, 0.25) is 0 Å². The molecule has 7 heteroatoms. The lowest BCUT2D eigenvalue weighted by Gasteiger charge is -2.41. The third-order valence-electron chi connectivity index (χ3n) is 6.76. The summed E-state index contributed by atoms with van der Waals surface area (Å²) in [6.45, 7) is 1.09. The molecule has 150 valence electrons. The molecule has 2 aromatic heterocycles. The normalized spacial score (nSPS) is 26.6. The Kier molecular flexibility index (Phi) is 4.10. The van der Waals surface area contributed by atoms with Crippen LogP contribution in [0.4, 0.5) is 0 Å². The van der Waals surface area contributed by atoms with Gasteiger partial charge in [-0.15, -0.1) is 0 Å². The van der Waals surface area contributed by atoms with Crippen molar-refractivity contribution in [3.05, 3.63) is 64.3 Å². The minimum absolute atomic E-state index is 0.0113. The van der Waals surface area contributed by atoms with E-state index >= 15 is 0 Å². The largest absolute Gasteiger partial charge is 0.383 e.